The summed E-state index contributed by atoms with van der Waals surface area (Å²) in [6.07, 6.45) is 1.91. The van der Waals surface area contributed by atoms with Crippen molar-refractivity contribution in [3.8, 4) is 0 Å². The zero-order chi connectivity index (χ0) is 15.4. The van der Waals surface area contributed by atoms with E-state index in [2.05, 4.69) is 10.6 Å². The molecule has 2 rings (SSSR count). The van der Waals surface area contributed by atoms with Gasteiger partial charge in [-0.2, -0.15) is 0 Å². The highest BCUT2D eigenvalue weighted by atomic mass is 16.5. The van der Waals surface area contributed by atoms with Gasteiger partial charge in [-0.05, 0) is 50.5 Å². The molecule has 114 valence electrons. The maximum Gasteiger partial charge on any atom is 0.335 e. The van der Waals surface area contributed by atoms with Crippen molar-refractivity contribution in [1.82, 2.24) is 5.32 Å². The van der Waals surface area contributed by atoms with Gasteiger partial charge in [0.1, 0.15) is 0 Å². The molecule has 1 aromatic rings. The Morgan fingerprint density at radius 2 is 2.10 bits per heavy atom. The van der Waals surface area contributed by atoms with E-state index in [1.54, 1.807) is 19.1 Å². The molecule has 6 nitrogen and oxygen atoms in total. The van der Waals surface area contributed by atoms with Crippen LogP contribution in [0.4, 0.5) is 10.5 Å². The molecule has 0 heterocycles. The van der Waals surface area contributed by atoms with E-state index in [0.29, 0.717) is 17.9 Å². The van der Waals surface area contributed by atoms with Crippen molar-refractivity contribution in [3.05, 3.63) is 29.3 Å². The molecule has 0 spiro atoms. The van der Waals surface area contributed by atoms with Gasteiger partial charge in [0, 0.05) is 18.3 Å². The van der Waals surface area contributed by atoms with Crippen LogP contribution in [0.25, 0.3) is 0 Å². The van der Waals surface area contributed by atoms with Gasteiger partial charge in [0.25, 0.3) is 0 Å². The second-order valence-electron chi connectivity index (χ2n) is 5.18. The highest BCUT2D eigenvalue weighted by Crippen LogP contribution is 2.23. The minimum Gasteiger partial charge on any atom is -0.478 e. The average Bonchev–Trinajstić information content (AvgIpc) is 2.35. The van der Waals surface area contributed by atoms with Crippen LogP contribution in [0.5, 0.6) is 0 Å². The molecule has 0 radical (unpaired) electrons. The largest absolute Gasteiger partial charge is 0.478 e. The lowest BCUT2D eigenvalue weighted by atomic mass is 9.89. The van der Waals surface area contributed by atoms with Gasteiger partial charge in [-0.15, -0.1) is 0 Å². The number of nitrogens with one attached hydrogen (secondary N) is 2. The Morgan fingerprint density at radius 1 is 1.38 bits per heavy atom. The molecule has 1 saturated carbocycles. The fourth-order valence-corrected chi connectivity index (χ4v) is 2.39. The van der Waals surface area contributed by atoms with Gasteiger partial charge < -0.3 is 20.5 Å². The fraction of sp³-hybridized carbons (Fsp3) is 0.467. The second kappa shape index (κ2) is 6.58. The number of benzene rings is 1. The van der Waals surface area contributed by atoms with Crippen molar-refractivity contribution >= 4 is 17.7 Å². The van der Waals surface area contributed by atoms with Crippen LogP contribution >= 0.6 is 0 Å². The van der Waals surface area contributed by atoms with E-state index in [1.165, 1.54) is 6.07 Å². The van der Waals surface area contributed by atoms with E-state index in [1.807, 2.05) is 6.92 Å². The summed E-state index contributed by atoms with van der Waals surface area (Å²) in [5.41, 5.74) is 1.43. The third-order valence-electron chi connectivity index (χ3n) is 3.55. The monoisotopic (exact) mass is 292 g/mol. The predicted octanol–water partition coefficient (Wildman–Crippen LogP) is 2.38. The predicted molar refractivity (Wildman–Crippen MR) is 78.7 cm³/mol. The number of hydrogen-bond donors (Lipinski definition) is 3. The van der Waals surface area contributed by atoms with Crippen molar-refractivity contribution < 1.29 is 19.4 Å². The van der Waals surface area contributed by atoms with Crippen LogP contribution in [-0.4, -0.2) is 35.9 Å². The summed E-state index contributed by atoms with van der Waals surface area (Å²) in [4.78, 5) is 22.8. The number of aryl methyl sites for hydroxylation is 1. The lowest BCUT2D eigenvalue weighted by Gasteiger charge is -2.35. The zero-order valence-corrected chi connectivity index (χ0v) is 12.2. The molecular formula is C15H20N2O4. The number of rotatable bonds is 5. The van der Waals surface area contributed by atoms with Crippen molar-refractivity contribution in [3.63, 3.8) is 0 Å². The van der Waals surface area contributed by atoms with Gasteiger partial charge >= 0.3 is 12.0 Å². The summed E-state index contributed by atoms with van der Waals surface area (Å²) in [6, 6.07) is 4.58. The normalized spacial score (nSPS) is 20.5. The van der Waals surface area contributed by atoms with Gasteiger partial charge in [-0.25, -0.2) is 9.59 Å². The Morgan fingerprint density at radius 3 is 2.67 bits per heavy atom. The number of carboxylic acids is 1. The first kappa shape index (κ1) is 15.3. The number of amides is 2. The number of ether oxygens (including phenoxy) is 1. The van der Waals surface area contributed by atoms with Gasteiger partial charge in [0.15, 0.2) is 0 Å². The molecular weight excluding hydrogens is 272 g/mol. The number of carbonyl (C=O) groups excluding carboxylic acids is 1. The summed E-state index contributed by atoms with van der Waals surface area (Å²) >= 11 is 0. The third kappa shape index (κ3) is 3.95. The molecule has 1 aliphatic carbocycles. The molecule has 1 fully saturated rings. The first-order chi connectivity index (χ1) is 9.99. The SMILES string of the molecule is CCOC1CC(NC(=O)Nc2ccc(C(=O)O)c(C)c2)C1. The van der Waals surface area contributed by atoms with Gasteiger partial charge in [-0.1, -0.05) is 0 Å². The average molecular weight is 292 g/mol. The van der Waals surface area contributed by atoms with E-state index in [-0.39, 0.29) is 23.7 Å². The zero-order valence-electron chi connectivity index (χ0n) is 12.2. The molecule has 3 N–H and O–H groups in total. The summed E-state index contributed by atoms with van der Waals surface area (Å²) in [7, 11) is 0. The molecule has 0 aliphatic heterocycles. The summed E-state index contributed by atoms with van der Waals surface area (Å²) in [5.74, 6) is -0.972. The lowest BCUT2D eigenvalue weighted by Crippen LogP contribution is -2.49. The van der Waals surface area contributed by atoms with Crippen LogP contribution < -0.4 is 10.6 Å². The summed E-state index contributed by atoms with van der Waals surface area (Å²) in [5, 5.41) is 14.5. The smallest absolute Gasteiger partial charge is 0.335 e. The molecule has 1 aromatic carbocycles. The highest BCUT2D eigenvalue weighted by Gasteiger charge is 2.30. The van der Waals surface area contributed by atoms with Crippen LogP contribution in [0.15, 0.2) is 18.2 Å². The summed E-state index contributed by atoms with van der Waals surface area (Å²) in [6.45, 7) is 4.35. The topological polar surface area (TPSA) is 87.7 Å². The Hall–Kier alpha value is -2.08. The molecule has 0 unspecified atom stereocenters. The van der Waals surface area contributed by atoms with Crippen LogP contribution in [0.2, 0.25) is 0 Å². The van der Waals surface area contributed by atoms with E-state index in [0.717, 1.165) is 12.8 Å². The molecule has 6 heteroatoms. The minimum atomic E-state index is -0.972. The third-order valence-corrected chi connectivity index (χ3v) is 3.55. The Kier molecular flexibility index (Phi) is 4.80. The van der Waals surface area contributed by atoms with E-state index in [4.69, 9.17) is 9.84 Å². The van der Waals surface area contributed by atoms with Crippen LogP contribution in [0.3, 0.4) is 0 Å². The first-order valence-corrected chi connectivity index (χ1v) is 7.02. The number of carboxylic acid groups (broad SMARTS) is 1. The number of hydrogen-bond acceptors (Lipinski definition) is 3. The number of urea groups is 1. The van der Waals surface area contributed by atoms with Crippen molar-refractivity contribution in [2.24, 2.45) is 0 Å². The Labute approximate surface area is 123 Å². The van der Waals surface area contributed by atoms with Crippen LogP contribution in [-0.2, 0) is 4.74 Å². The summed E-state index contributed by atoms with van der Waals surface area (Å²) < 4.78 is 5.43. The van der Waals surface area contributed by atoms with Gasteiger partial charge in [0.05, 0.1) is 11.7 Å². The number of aromatic carboxylic acids is 1. The van der Waals surface area contributed by atoms with Gasteiger partial charge in [-0.3, -0.25) is 0 Å². The standard InChI is InChI=1S/C15H20N2O4/c1-3-21-12-7-11(8-12)17-15(20)16-10-4-5-13(14(18)19)9(2)6-10/h4-6,11-12H,3,7-8H2,1-2H3,(H,18,19)(H2,16,17,20). The van der Waals surface area contributed by atoms with Gasteiger partial charge in [0.2, 0.25) is 0 Å². The van der Waals surface area contributed by atoms with Crippen molar-refractivity contribution in [1.29, 1.82) is 0 Å². The van der Waals surface area contributed by atoms with E-state index >= 15 is 0 Å². The maximum atomic E-state index is 11.8. The van der Waals surface area contributed by atoms with E-state index < -0.39 is 5.97 Å². The Balaban J connectivity index is 1.83. The van der Waals surface area contributed by atoms with Crippen molar-refractivity contribution in [2.75, 3.05) is 11.9 Å². The van der Waals surface area contributed by atoms with Crippen LogP contribution in [0, 0.1) is 6.92 Å². The molecule has 2 amide bonds. The minimum absolute atomic E-state index is 0.140. The fourth-order valence-electron chi connectivity index (χ4n) is 2.39. The molecule has 0 aromatic heterocycles. The van der Waals surface area contributed by atoms with Crippen molar-refractivity contribution in [2.45, 2.75) is 38.8 Å². The number of anilines is 1. The molecule has 21 heavy (non-hydrogen) atoms. The Bertz CT molecular complexity index is 538. The highest BCUT2D eigenvalue weighted by molar-refractivity contribution is 5.92. The maximum absolute atomic E-state index is 11.8. The first-order valence-electron chi connectivity index (χ1n) is 7.02. The number of carbonyl (C=O) groups is 2. The molecule has 0 saturated heterocycles. The van der Waals surface area contributed by atoms with Crippen LogP contribution in [0.1, 0.15) is 35.7 Å². The quantitative estimate of drug-likeness (QED) is 0.777. The second-order valence-corrected chi connectivity index (χ2v) is 5.18. The van der Waals surface area contributed by atoms with E-state index in [9.17, 15) is 9.59 Å². The molecule has 1 aliphatic rings. The molecule has 0 atom stereocenters. The molecule has 0 bridgehead atoms. The lowest BCUT2D eigenvalue weighted by molar-refractivity contribution is -0.00673.